The highest BCUT2D eigenvalue weighted by molar-refractivity contribution is 7.80. The second-order valence-electron chi connectivity index (χ2n) is 8.61. The molecule has 0 heterocycles. The van der Waals surface area contributed by atoms with Gasteiger partial charge in [-0.15, -0.1) is 0 Å². The average molecular weight is 469 g/mol. The van der Waals surface area contributed by atoms with Crippen molar-refractivity contribution < 1.29 is 31.1 Å². The van der Waals surface area contributed by atoms with Crippen LogP contribution in [0.4, 0.5) is 32.0 Å². The van der Waals surface area contributed by atoms with E-state index in [0.29, 0.717) is 25.0 Å². The first-order valence-corrected chi connectivity index (χ1v) is 10.2. The predicted molar refractivity (Wildman–Crippen MR) is 109 cm³/mol. The van der Waals surface area contributed by atoms with E-state index in [1.165, 1.54) is 0 Å². The second-order valence-corrected chi connectivity index (χ2v) is 9.02. The standard InChI is InChI=1S/C20H25F6N3OS/c1-18(2,3)16(30)28-14-6-4-5-7-15(14)29-17(31)27-13-9-11(19(21,22)23)8-12(10-13)20(24,25)26/h8-10,14-15H,4-7H2,1-3H3,(H,28,30)(H2,27,29,31)/t14-,15-/m1/s1. The molecule has 11 heteroatoms. The Morgan fingerprint density at radius 2 is 1.32 bits per heavy atom. The molecule has 2 atom stereocenters. The third-order valence-corrected chi connectivity index (χ3v) is 5.15. The minimum Gasteiger partial charge on any atom is -0.358 e. The SMILES string of the molecule is CC(C)(C)C(=O)N[C@@H]1CCCC[C@H]1NC(=S)Nc1cc(C(F)(F)F)cc(C(F)(F)F)c1. The number of carbonyl (C=O) groups is 1. The topological polar surface area (TPSA) is 53.2 Å². The minimum absolute atomic E-state index is 0.0564. The van der Waals surface area contributed by atoms with Gasteiger partial charge in [0.2, 0.25) is 5.91 Å². The molecule has 1 aliphatic rings. The molecule has 1 saturated carbocycles. The van der Waals surface area contributed by atoms with Crippen molar-refractivity contribution in [1.82, 2.24) is 10.6 Å². The fourth-order valence-corrected chi connectivity index (χ4v) is 3.49. The van der Waals surface area contributed by atoms with Crippen molar-refractivity contribution in [2.24, 2.45) is 5.41 Å². The van der Waals surface area contributed by atoms with Gasteiger partial charge < -0.3 is 16.0 Å². The van der Waals surface area contributed by atoms with Gasteiger partial charge in [-0.1, -0.05) is 33.6 Å². The van der Waals surface area contributed by atoms with Gasteiger partial charge in [0.15, 0.2) is 5.11 Å². The first-order valence-electron chi connectivity index (χ1n) is 9.75. The molecule has 1 amide bonds. The van der Waals surface area contributed by atoms with Crippen molar-refractivity contribution in [2.45, 2.75) is 70.9 Å². The van der Waals surface area contributed by atoms with Gasteiger partial charge in [0.05, 0.1) is 11.1 Å². The Labute approximate surface area is 182 Å². The van der Waals surface area contributed by atoms with Gasteiger partial charge in [0, 0.05) is 23.2 Å². The summed E-state index contributed by atoms with van der Waals surface area (Å²) in [6.45, 7) is 5.31. The van der Waals surface area contributed by atoms with Crippen LogP contribution < -0.4 is 16.0 Å². The number of thiocarbonyl (C=S) groups is 1. The Bertz CT molecular complexity index is 784. The number of anilines is 1. The van der Waals surface area contributed by atoms with E-state index in [9.17, 15) is 31.1 Å². The lowest BCUT2D eigenvalue weighted by atomic mass is 9.88. The summed E-state index contributed by atoms with van der Waals surface area (Å²) in [6, 6.07) is 0.646. The molecule has 2 rings (SSSR count). The van der Waals surface area contributed by atoms with Crippen molar-refractivity contribution in [3.05, 3.63) is 29.3 Å². The maximum Gasteiger partial charge on any atom is 0.416 e. The monoisotopic (exact) mass is 469 g/mol. The lowest BCUT2D eigenvalue weighted by Gasteiger charge is -2.35. The molecule has 3 N–H and O–H groups in total. The van der Waals surface area contributed by atoms with Crippen LogP contribution in [-0.2, 0) is 17.1 Å². The van der Waals surface area contributed by atoms with E-state index < -0.39 is 34.6 Å². The molecule has 0 saturated heterocycles. The molecule has 1 aliphatic carbocycles. The van der Waals surface area contributed by atoms with Gasteiger partial charge >= 0.3 is 12.4 Å². The summed E-state index contributed by atoms with van der Waals surface area (Å²) in [5, 5.41) is 8.19. The number of hydrogen-bond donors (Lipinski definition) is 3. The number of alkyl halides is 6. The molecular formula is C20H25F6N3OS. The Kier molecular flexibility index (Phi) is 7.50. The van der Waals surface area contributed by atoms with Gasteiger partial charge in [-0.3, -0.25) is 4.79 Å². The molecule has 0 aromatic heterocycles. The lowest BCUT2D eigenvalue weighted by molar-refractivity contribution is -0.143. The fourth-order valence-electron chi connectivity index (χ4n) is 3.22. The fraction of sp³-hybridized carbons (Fsp3) is 0.600. The van der Waals surface area contributed by atoms with E-state index in [-0.39, 0.29) is 29.2 Å². The molecule has 0 unspecified atom stereocenters. The zero-order valence-electron chi connectivity index (χ0n) is 17.3. The normalized spacial score (nSPS) is 20.2. The zero-order valence-corrected chi connectivity index (χ0v) is 18.1. The van der Waals surface area contributed by atoms with Gasteiger partial charge in [0.1, 0.15) is 0 Å². The number of hydrogen-bond acceptors (Lipinski definition) is 2. The minimum atomic E-state index is -4.95. The number of amides is 1. The van der Waals surface area contributed by atoms with Gasteiger partial charge in [-0.2, -0.15) is 26.3 Å². The lowest BCUT2D eigenvalue weighted by Crippen LogP contribution is -2.55. The van der Waals surface area contributed by atoms with Crippen LogP contribution in [0.3, 0.4) is 0 Å². The van der Waals surface area contributed by atoms with Crippen LogP contribution in [0.2, 0.25) is 0 Å². The summed E-state index contributed by atoms with van der Waals surface area (Å²) in [7, 11) is 0. The first kappa shape index (κ1) is 25.2. The van der Waals surface area contributed by atoms with Gasteiger partial charge in [-0.25, -0.2) is 0 Å². The molecule has 31 heavy (non-hydrogen) atoms. The molecule has 0 spiro atoms. The molecule has 1 aromatic rings. The highest BCUT2D eigenvalue weighted by Crippen LogP contribution is 2.37. The highest BCUT2D eigenvalue weighted by Gasteiger charge is 2.37. The van der Waals surface area contributed by atoms with Crippen molar-refractivity contribution >= 4 is 28.9 Å². The molecule has 0 bridgehead atoms. The Morgan fingerprint density at radius 1 is 0.871 bits per heavy atom. The van der Waals surface area contributed by atoms with E-state index in [1.807, 2.05) is 0 Å². The molecule has 1 aromatic carbocycles. The van der Waals surface area contributed by atoms with E-state index in [1.54, 1.807) is 20.8 Å². The van der Waals surface area contributed by atoms with E-state index in [4.69, 9.17) is 12.2 Å². The third kappa shape index (κ3) is 7.26. The number of benzene rings is 1. The first-order chi connectivity index (χ1) is 14.1. The van der Waals surface area contributed by atoms with Crippen molar-refractivity contribution in [2.75, 3.05) is 5.32 Å². The van der Waals surface area contributed by atoms with Crippen LogP contribution in [0.25, 0.3) is 0 Å². The Balaban J connectivity index is 2.16. The van der Waals surface area contributed by atoms with Crippen LogP contribution >= 0.6 is 12.2 Å². The second kappa shape index (κ2) is 9.22. The van der Waals surface area contributed by atoms with Crippen molar-refractivity contribution in [3.63, 3.8) is 0 Å². The van der Waals surface area contributed by atoms with Crippen molar-refractivity contribution in [3.8, 4) is 0 Å². The third-order valence-electron chi connectivity index (χ3n) is 4.93. The maximum atomic E-state index is 13.0. The Hall–Kier alpha value is -2.04. The molecular weight excluding hydrogens is 444 g/mol. The van der Waals surface area contributed by atoms with Crippen LogP contribution in [0.5, 0.6) is 0 Å². The summed E-state index contributed by atoms with van der Waals surface area (Å²) in [5.74, 6) is -0.155. The zero-order chi connectivity index (χ0) is 23.6. The molecule has 174 valence electrons. The van der Waals surface area contributed by atoms with Crippen LogP contribution in [-0.4, -0.2) is 23.1 Å². The van der Waals surface area contributed by atoms with Gasteiger partial charge in [0.25, 0.3) is 0 Å². The van der Waals surface area contributed by atoms with E-state index >= 15 is 0 Å². The number of halogens is 6. The predicted octanol–water partition coefficient (Wildman–Crippen LogP) is 5.48. The largest absolute Gasteiger partial charge is 0.416 e. The van der Waals surface area contributed by atoms with Crippen LogP contribution in [0, 0.1) is 5.41 Å². The number of nitrogens with one attached hydrogen (secondary N) is 3. The molecule has 1 fully saturated rings. The number of carbonyl (C=O) groups excluding carboxylic acids is 1. The summed E-state index contributed by atoms with van der Waals surface area (Å²) in [4.78, 5) is 12.3. The number of rotatable bonds is 3. The molecule has 0 aliphatic heterocycles. The van der Waals surface area contributed by atoms with E-state index in [2.05, 4.69) is 16.0 Å². The van der Waals surface area contributed by atoms with Gasteiger partial charge in [-0.05, 0) is 43.3 Å². The quantitative estimate of drug-likeness (QED) is 0.405. The van der Waals surface area contributed by atoms with Crippen molar-refractivity contribution in [1.29, 1.82) is 0 Å². The highest BCUT2D eigenvalue weighted by atomic mass is 32.1. The van der Waals surface area contributed by atoms with Crippen LogP contribution in [0.15, 0.2) is 18.2 Å². The maximum absolute atomic E-state index is 13.0. The summed E-state index contributed by atoms with van der Waals surface area (Å²) in [5.41, 5.74) is -3.89. The summed E-state index contributed by atoms with van der Waals surface area (Å²) >= 11 is 5.13. The van der Waals surface area contributed by atoms with E-state index in [0.717, 1.165) is 12.8 Å². The smallest absolute Gasteiger partial charge is 0.358 e. The van der Waals surface area contributed by atoms with Crippen LogP contribution in [0.1, 0.15) is 57.6 Å². The Morgan fingerprint density at radius 3 is 1.74 bits per heavy atom. The molecule has 0 radical (unpaired) electrons. The summed E-state index contributed by atoms with van der Waals surface area (Å²) < 4.78 is 78.2. The average Bonchev–Trinajstić information content (AvgIpc) is 2.60. The summed E-state index contributed by atoms with van der Waals surface area (Å²) in [6.07, 6.45) is -6.83. The molecule has 4 nitrogen and oxygen atoms in total.